The van der Waals surface area contributed by atoms with E-state index in [9.17, 15) is 0 Å². The zero-order chi connectivity index (χ0) is 18.7. The van der Waals surface area contributed by atoms with Gasteiger partial charge in [0.2, 0.25) is 0 Å². The van der Waals surface area contributed by atoms with Gasteiger partial charge in [-0.15, -0.1) is 24.0 Å². The molecule has 0 spiro atoms. The van der Waals surface area contributed by atoms with Crippen LogP contribution in [0.25, 0.3) is 0 Å². The van der Waals surface area contributed by atoms with Gasteiger partial charge in [0.1, 0.15) is 0 Å². The minimum atomic E-state index is 0. The van der Waals surface area contributed by atoms with E-state index in [0.29, 0.717) is 6.54 Å². The van der Waals surface area contributed by atoms with E-state index in [-0.39, 0.29) is 29.4 Å². The van der Waals surface area contributed by atoms with Gasteiger partial charge < -0.3 is 10.6 Å². The van der Waals surface area contributed by atoms with Crippen LogP contribution in [-0.4, -0.2) is 28.8 Å². The maximum absolute atomic E-state index is 6.03. The molecule has 3 rings (SSSR count). The molecule has 0 atom stereocenters. The van der Waals surface area contributed by atoms with Crippen molar-refractivity contribution in [2.45, 2.75) is 45.6 Å². The van der Waals surface area contributed by atoms with Crippen LogP contribution in [0.15, 0.2) is 29.3 Å². The van der Waals surface area contributed by atoms with Crippen LogP contribution in [0, 0.1) is 13.8 Å². The number of nitrogens with one attached hydrogen (secondary N) is 2. The number of hydrogen-bond donors (Lipinski definition) is 2. The lowest BCUT2D eigenvalue weighted by Gasteiger charge is -2.19. The number of rotatable bonds is 6. The predicted molar refractivity (Wildman–Crippen MR) is 123 cm³/mol. The zero-order valence-corrected chi connectivity index (χ0v) is 19.6. The van der Waals surface area contributed by atoms with Crippen LogP contribution in [0.1, 0.15) is 42.3 Å². The Morgan fingerprint density at radius 3 is 2.41 bits per heavy atom. The van der Waals surface area contributed by atoms with Crippen molar-refractivity contribution in [3.05, 3.63) is 51.8 Å². The van der Waals surface area contributed by atoms with Crippen LogP contribution >= 0.6 is 35.6 Å². The summed E-state index contributed by atoms with van der Waals surface area (Å²) in [6, 6.07) is 8.24. The minimum Gasteiger partial charge on any atom is -0.357 e. The van der Waals surface area contributed by atoms with Gasteiger partial charge in [-0.25, -0.2) is 4.99 Å². The number of nitrogens with zero attached hydrogens (tertiary/aromatic N) is 3. The number of aryl methyl sites for hydroxylation is 2. The second-order valence-electron chi connectivity index (χ2n) is 7.11. The first-order valence-electron chi connectivity index (χ1n) is 9.22. The van der Waals surface area contributed by atoms with Gasteiger partial charge in [0.15, 0.2) is 5.96 Å². The average molecular weight is 502 g/mol. The largest absolute Gasteiger partial charge is 0.357 e. The molecule has 1 aliphatic carbocycles. The average Bonchev–Trinajstić information content (AvgIpc) is 3.36. The SMILES string of the molecule is CCNC(=NCc1c(C)nn(C)c1C)NCC1(c2ccc(Cl)cc2)CC1.I. The lowest BCUT2D eigenvalue weighted by molar-refractivity contribution is 0.646. The van der Waals surface area contributed by atoms with Crippen molar-refractivity contribution in [2.75, 3.05) is 13.1 Å². The molecule has 1 aliphatic rings. The summed E-state index contributed by atoms with van der Waals surface area (Å²) in [5, 5.41) is 12.1. The first-order valence-corrected chi connectivity index (χ1v) is 9.60. The first kappa shape index (κ1) is 22.0. The minimum absolute atomic E-state index is 0. The Kier molecular flexibility index (Phi) is 7.56. The van der Waals surface area contributed by atoms with Gasteiger partial charge in [-0.2, -0.15) is 5.10 Å². The normalized spacial score (nSPS) is 15.2. The van der Waals surface area contributed by atoms with Crippen molar-refractivity contribution in [3.63, 3.8) is 0 Å². The Labute approximate surface area is 184 Å². The number of benzene rings is 1. The molecule has 0 radical (unpaired) electrons. The van der Waals surface area contributed by atoms with Gasteiger partial charge in [-0.3, -0.25) is 4.68 Å². The zero-order valence-electron chi connectivity index (χ0n) is 16.5. The molecule has 1 heterocycles. The highest BCUT2D eigenvalue weighted by molar-refractivity contribution is 14.0. The summed E-state index contributed by atoms with van der Waals surface area (Å²) < 4.78 is 1.92. The Morgan fingerprint density at radius 2 is 1.89 bits per heavy atom. The molecule has 1 aromatic heterocycles. The summed E-state index contributed by atoms with van der Waals surface area (Å²) in [5.41, 5.74) is 4.97. The summed E-state index contributed by atoms with van der Waals surface area (Å²) in [5.74, 6) is 0.857. The molecule has 0 saturated heterocycles. The Morgan fingerprint density at radius 1 is 1.22 bits per heavy atom. The van der Waals surface area contributed by atoms with Gasteiger partial charge in [-0.05, 0) is 51.3 Å². The number of aliphatic imine (C=N–C) groups is 1. The molecule has 2 aromatic rings. The Hall–Kier alpha value is -1.28. The molecule has 7 heteroatoms. The summed E-state index contributed by atoms with van der Waals surface area (Å²) >= 11 is 6.03. The second kappa shape index (κ2) is 9.28. The topological polar surface area (TPSA) is 54.2 Å². The first-order chi connectivity index (χ1) is 12.4. The number of hydrogen-bond acceptors (Lipinski definition) is 2. The van der Waals surface area contributed by atoms with Crippen LogP contribution in [0.2, 0.25) is 5.02 Å². The van der Waals surface area contributed by atoms with Crippen LogP contribution in [0.4, 0.5) is 0 Å². The van der Waals surface area contributed by atoms with E-state index in [1.807, 2.05) is 30.8 Å². The molecular formula is C20H29ClIN5. The highest BCUT2D eigenvalue weighted by atomic mass is 127. The molecule has 1 fully saturated rings. The third kappa shape index (κ3) is 5.16. The smallest absolute Gasteiger partial charge is 0.191 e. The van der Waals surface area contributed by atoms with Gasteiger partial charge in [0.05, 0.1) is 12.2 Å². The molecule has 2 N–H and O–H groups in total. The quantitative estimate of drug-likeness (QED) is 0.356. The second-order valence-corrected chi connectivity index (χ2v) is 7.55. The van der Waals surface area contributed by atoms with Crippen LogP contribution in [0.5, 0.6) is 0 Å². The lowest BCUT2D eigenvalue weighted by atomic mass is 9.96. The molecule has 1 saturated carbocycles. The summed E-state index contributed by atoms with van der Waals surface area (Å²) in [6.45, 7) is 8.57. The molecule has 27 heavy (non-hydrogen) atoms. The van der Waals surface area contributed by atoms with E-state index in [0.717, 1.165) is 29.8 Å². The van der Waals surface area contributed by atoms with Crippen LogP contribution in [0.3, 0.4) is 0 Å². The van der Waals surface area contributed by atoms with E-state index in [4.69, 9.17) is 16.6 Å². The predicted octanol–water partition coefficient (Wildman–Crippen LogP) is 4.10. The van der Waals surface area contributed by atoms with E-state index in [1.54, 1.807) is 0 Å². The summed E-state index contributed by atoms with van der Waals surface area (Å²) in [4.78, 5) is 4.78. The number of guanidine groups is 1. The van der Waals surface area contributed by atoms with Crippen molar-refractivity contribution in [1.29, 1.82) is 0 Å². The van der Waals surface area contributed by atoms with Gasteiger partial charge >= 0.3 is 0 Å². The monoisotopic (exact) mass is 501 g/mol. The van der Waals surface area contributed by atoms with E-state index in [1.165, 1.54) is 29.7 Å². The molecule has 148 valence electrons. The number of halogens is 2. The molecule has 0 aliphatic heterocycles. The fourth-order valence-electron chi connectivity index (χ4n) is 3.32. The fourth-order valence-corrected chi connectivity index (χ4v) is 3.45. The molecule has 0 unspecified atom stereocenters. The van der Waals surface area contributed by atoms with Crippen molar-refractivity contribution >= 4 is 41.5 Å². The highest BCUT2D eigenvalue weighted by Gasteiger charge is 2.44. The number of aromatic nitrogens is 2. The van der Waals surface area contributed by atoms with Gasteiger partial charge in [0, 0.05) is 41.8 Å². The van der Waals surface area contributed by atoms with E-state index >= 15 is 0 Å². The van der Waals surface area contributed by atoms with Crippen molar-refractivity contribution in [1.82, 2.24) is 20.4 Å². The summed E-state index contributed by atoms with van der Waals surface area (Å²) in [7, 11) is 1.97. The molecule has 0 amide bonds. The molecule has 1 aromatic carbocycles. The van der Waals surface area contributed by atoms with Crippen molar-refractivity contribution in [2.24, 2.45) is 12.0 Å². The maximum Gasteiger partial charge on any atom is 0.191 e. The third-order valence-electron chi connectivity index (χ3n) is 5.30. The highest BCUT2D eigenvalue weighted by Crippen LogP contribution is 2.47. The molecule has 5 nitrogen and oxygen atoms in total. The van der Waals surface area contributed by atoms with E-state index < -0.39 is 0 Å². The van der Waals surface area contributed by atoms with Crippen LogP contribution in [-0.2, 0) is 19.0 Å². The van der Waals surface area contributed by atoms with Crippen molar-refractivity contribution in [3.8, 4) is 0 Å². The van der Waals surface area contributed by atoms with Gasteiger partial charge in [0.25, 0.3) is 0 Å². The molecule has 0 bridgehead atoms. The Balaban J connectivity index is 0.00000261. The van der Waals surface area contributed by atoms with E-state index in [2.05, 4.69) is 41.7 Å². The van der Waals surface area contributed by atoms with Gasteiger partial charge in [-0.1, -0.05) is 23.7 Å². The third-order valence-corrected chi connectivity index (χ3v) is 5.55. The van der Waals surface area contributed by atoms with Crippen LogP contribution < -0.4 is 10.6 Å². The van der Waals surface area contributed by atoms with Crippen molar-refractivity contribution < 1.29 is 0 Å². The maximum atomic E-state index is 6.03. The Bertz CT molecular complexity index is 793. The molecular weight excluding hydrogens is 473 g/mol. The lowest BCUT2D eigenvalue weighted by Crippen LogP contribution is -2.41. The standard InChI is InChI=1S/C20H28ClN5.HI/c1-5-22-19(23-12-18-14(2)25-26(4)15(18)3)24-13-20(10-11-20)16-6-8-17(21)9-7-16;/h6-9H,5,10-13H2,1-4H3,(H2,22,23,24);1H. The fraction of sp³-hybridized carbons (Fsp3) is 0.500. The summed E-state index contributed by atoms with van der Waals surface area (Å²) in [6.07, 6.45) is 2.39.